The number of carbonyl (C=O) groups is 3. The molecule has 2 amide bonds. The minimum atomic E-state index is -1.05. The van der Waals surface area contributed by atoms with Gasteiger partial charge in [0.05, 0.1) is 24.8 Å². The summed E-state index contributed by atoms with van der Waals surface area (Å²) in [7, 11) is 1.66. The Labute approximate surface area is 280 Å². The minimum absolute atomic E-state index is 0.270. The van der Waals surface area contributed by atoms with E-state index >= 15 is 0 Å². The van der Waals surface area contributed by atoms with E-state index in [9.17, 15) is 19.5 Å². The van der Waals surface area contributed by atoms with Crippen molar-refractivity contribution in [1.29, 1.82) is 0 Å². The quantitative estimate of drug-likeness (QED) is 0.183. The largest absolute Gasteiger partial charge is 0.497 e. The topological polar surface area (TPSA) is 119 Å². The van der Waals surface area contributed by atoms with Crippen LogP contribution in [0.4, 0.5) is 5.69 Å². The molecule has 250 valence electrons. The molecule has 3 N–H and O–H groups in total. The van der Waals surface area contributed by atoms with E-state index in [2.05, 4.69) is 27.3 Å². The molecule has 2 fully saturated rings. The first kappa shape index (κ1) is 31.8. The lowest BCUT2D eigenvalue weighted by atomic mass is 9.75. The zero-order chi connectivity index (χ0) is 33.6. The fraction of sp³-hybridized carbons (Fsp3) is 0.410. The molecule has 2 aliphatic carbocycles. The normalized spacial score (nSPS) is 17.2. The molecule has 0 spiro atoms. The van der Waals surface area contributed by atoms with Crippen LogP contribution in [-0.4, -0.2) is 46.7 Å². The first-order valence-corrected chi connectivity index (χ1v) is 17.1. The summed E-state index contributed by atoms with van der Waals surface area (Å²) in [5.74, 6) is 0.516. The standard InChI is InChI=1S/C39H43N3O6/c1-38(2,37(45)46)26-11-13-27(14-12-26)40-36(44)39(18-7-19-39)41-35(43)25-10-16-29-31(22-25)42-20-21-48-32-23-28(47-3)15-17-30(32)34(42)33(29)24-8-5-4-6-9-24/h10-17,22-24H,4-9,18-21H2,1-3H3,(H,40,44)(H,41,43)(H,45,46). The molecule has 4 aromatic rings. The van der Waals surface area contributed by atoms with Crippen LogP contribution in [-0.2, 0) is 21.5 Å². The van der Waals surface area contributed by atoms with Crippen LogP contribution < -0.4 is 20.1 Å². The van der Waals surface area contributed by atoms with Gasteiger partial charge < -0.3 is 29.8 Å². The Hall–Kier alpha value is -4.79. The maximum Gasteiger partial charge on any atom is 0.313 e. The Morgan fingerprint density at radius 2 is 1.71 bits per heavy atom. The average Bonchev–Trinajstić information content (AvgIpc) is 3.27. The van der Waals surface area contributed by atoms with Crippen LogP contribution in [0.15, 0.2) is 60.7 Å². The lowest BCUT2D eigenvalue weighted by Crippen LogP contribution is -2.61. The van der Waals surface area contributed by atoms with Crippen LogP contribution >= 0.6 is 0 Å². The van der Waals surface area contributed by atoms with Gasteiger partial charge in [0.1, 0.15) is 23.6 Å². The SMILES string of the molecule is COc1ccc2c(c1)OCCn1c-2c(C2CCCCC2)c2ccc(C(=O)NC3(C(=O)Nc4ccc(C(C)(C)C(=O)O)cc4)CCC3)cc21. The number of nitrogens with one attached hydrogen (secondary N) is 2. The van der Waals surface area contributed by atoms with Crippen molar-refractivity contribution in [3.8, 4) is 22.8 Å². The van der Waals surface area contributed by atoms with Gasteiger partial charge in [-0.3, -0.25) is 14.4 Å². The highest BCUT2D eigenvalue weighted by Crippen LogP contribution is 2.48. The van der Waals surface area contributed by atoms with Crippen molar-refractivity contribution in [2.45, 2.75) is 88.6 Å². The Kier molecular flexibility index (Phi) is 8.17. The van der Waals surface area contributed by atoms with Crippen LogP contribution in [0.5, 0.6) is 11.5 Å². The molecule has 0 saturated heterocycles. The summed E-state index contributed by atoms with van der Waals surface area (Å²) < 4.78 is 14.1. The van der Waals surface area contributed by atoms with Crippen LogP contribution in [0.1, 0.15) is 92.6 Å². The number of ether oxygens (including phenoxy) is 2. The van der Waals surface area contributed by atoms with Gasteiger partial charge >= 0.3 is 5.97 Å². The Balaban J connectivity index is 1.19. The first-order valence-electron chi connectivity index (χ1n) is 17.1. The smallest absolute Gasteiger partial charge is 0.313 e. The van der Waals surface area contributed by atoms with Crippen LogP contribution in [0.2, 0.25) is 0 Å². The van der Waals surface area contributed by atoms with Crippen molar-refractivity contribution in [2.24, 2.45) is 0 Å². The molecule has 0 bridgehead atoms. The predicted octanol–water partition coefficient (Wildman–Crippen LogP) is 7.41. The molecule has 2 saturated carbocycles. The second-order valence-electron chi connectivity index (χ2n) is 14.0. The summed E-state index contributed by atoms with van der Waals surface area (Å²) >= 11 is 0. The zero-order valence-corrected chi connectivity index (χ0v) is 27.9. The van der Waals surface area contributed by atoms with E-state index < -0.39 is 16.9 Å². The zero-order valence-electron chi connectivity index (χ0n) is 27.9. The highest BCUT2D eigenvalue weighted by molar-refractivity contribution is 6.06. The van der Waals surface area contributed by atoms with Crippen molar-refractivity contribution < 1.29 is 29.0 Å². The number of benzene rings is 3. The van der Waals surface area contributed by atoms with E-state index in [0.29, 0.717) is 48.7 Å². The monoisotopic (exact) mass is 649 g/mol. The van der Waals surface area contributed by atoms with Gasteiger partial charge in [-0.25, -0.2) is 0 Å². The van der Waals surface area contributed by atoms with Crippen molar-refractivity contribution >= 4 is 34.4 Å². The number of fused-ring (bicyclic) bond motifs is 5. The van der Waals surface area contributed by atoms with Crippen LogP contribution in [0, 0.1) is 0 Å². The number of methoxy groups -OCH3 is 1. The van der Waals surface area contributed by atoms with Gasteiger partial charge in [0.15, 0.2) is 0 Å². The summed E-state index contributed by atoms with van der Waals surface area (Å²) in [6.45, 7) is 4.43. The molecule has 7 rings (SSSR count). The Bertz CT molecular complexity index is 1900. The lowest BCUT2D eigenvalue weighted by molar-refractivity contribution is -0.142. The van der Waals surface area contributed by atoms with Gasteiger partial charge in [-0.2, -0.15) is 0 Å². The maximum absolute atomic E-state index is 13.9. The third-order valence-corrected chi connectivity index (χ3v) is 10.8. The molecule has 48 heavy (non-hydrogen) atoms. The highest BCUT2D eigenvalue weighted by Gasteiger charge is 2.46. The fourth-order valence-corrected chi connectivity index (χ4v) is 7.61. The van der Waals surface area contributed by atoms with E-state index in [1.54, 1.807) is 45.2 Å². The molecule has 0 radical (unpaired) electrons. The van der Waals surface area contributed by atoms with Gasteiger partial charge in [-0.05, 0) is 99.4 Å². The first-order chi connectivity index (χ1) is 23.1. The van der Waals surface area contributed by atoms with E-state index in [4.69, 9.17) is 9.47 Å². The molecule has 1 aliphatic heterocycles. The molecule has 3 aromatic carbocycles. The number of nitrogens with zero attached hydrogens (tertiary/aromatic N) is 1. The van der Waals surface area contributed by atoms with Gasteiger partial charge in [-0.1, -0.05) is 37.5 Å². The molecule has 0 atom stereocenters. The number of carboxylic acids is 1. The van der Waals surface area contributed by atoms with Crippen molar-refractivity contribution in [3.05, 3.63) is 77.4 Å². The summed E-state index contributed by atoms with van der Waals surface area (Å²) in [5.41, 5.74) is 4.18. The molecular formula is C39H43N3O6. The predicted molar refractivity (Wildman–Crippen MR) is 185 cm³/mol. The number of carbonyl (C=O) groups excluding carboxylic acids is 2. The second kappa shape index (κ2) is 12.3. The van der Waals surface area contributed by atoms with Gasteiger partial charge in [0, 0.05) is 33.8 Å². The fourth-order valence-electron chi connectivity index (χ4n) is 7.61. The van der Waals surface area contributed by atoms with E-state index in [1.165, 1.54) is 30.2 Å². The molecule has 0 unspecified atom stereocenters. The van der Waals surface area contributed by atoms with Gasteiger partial charge in [0.2, 0.25) is 5.91 Å². The number of anilines is 1. The molecule has 9 heteroatoms. The summed E-state index contributed by atoms with van der Waals surface area (Å²) in [5, 5.41) is 16.8. The number of rotatable bonds is 8. The number of hydrogen-bond acceptors (Lipinski definition) is 5. The Morgan fingerprint density at radius 3 is 2.38 bits per heavy atom. The lowest BCUT2D eigenvalue weighted by Gasteiger charge is -2.40. The van der Waals surface area contributed by atoms with Gasteiger partial charge in [0.25, 0.3) is 5.91 Å². The molecular weight excluding hydrogens is 606 g/mol. The van der Waals surface area contributed by atoms with E-state index in [1.807, 2.05) is 24.3 Å². The van der Waals surface area contributed by atoms with Crippen molar-refractivity contribution in [3.63, 3.8) is 0 Å². The van der Waals surface area contributed by atoms with E-state index in [-0.39, 0.29) is 11.8 Å². The van der Waals surface area contributed by atoms with E-state index in [0.717, 1.165) is 47.5 Å². The van der Waals surface area contributed by atoms with Crippen molar-refractivity contribution in [2.75, 3.05) is 19.0 Å². The highest BCUT2D eigenvalue weighted by atomic mass is 16.5. The van der Waals surface area contributed by atoms with Crippen LogP contribution in [0.25, 0.3) is 22.2 Å². The number of carboxylic acid groups (broad SMARTS) is 1. The summed E-state index contributed by atoms with van der Waals surface area (Å²) in [6.07, 6.45) is 7.86. The number of aliphatic carboxylic acids is 1. The molecule has 9 nitrogen and oxygen atoms in total. The summed E-state index contributed by atoms with van der Waals surface area (Å²) in [4.78, 5) is 39.2. The Morgan fingerprint density at radius 1 is 0.958 bits per heavy atom. The second-order valence-corrected chi connectivity index (χ2v) is 14.0. The van der Waals surface area contributed by atoms with Crippen molar-refractivity contribution in [1.82, 2.24) is 9.88 Å². The maximum atomic E-state index is 13.9. The number of hydrogen-bond donors (Lipinski definition) is 3. The third-order valence-electron chi connectivity index (χ3n) is 10.8. The third kappa shape index (κ3) is 5.49. The van der Waals surface area contributed by atoms with Gasteiger partial charge in [-0.15, -0.1) is 0 Å². The minimum Gasteiger partial charge on any atom is -0.497 e. The van der Waals surface area contributed by atoms with Crippen LogP contribution in [0.3, 0.4) is 0 Å². The number of aromatic nitrogens is 1. The molecule has 2 heterocycles. The average molecular weight is 650 g/mol. The molecule has 1 aromatic heterocycles. The summed E-state index contributed by atoms with van der Waals surface area (Å²) in [6, 6.07) is 18.8. The molecule has 3 aliphatic rings. The number of amides is 2.